The molecule has 1 amide bonds. The fraction of sp³-hybridized carbons (Fsp3) is 0.316. The number of nitrogens with zero attached hydrogens (tertiary/aromatic N) is 1. The number of hydrogen-bond acceptors (Lipinski definition) is 4. The molecule has 1 aliphatic rings. The summed E-state index contributed by atoms with van der Waals surface area (Å²) < 4.78 is 12.0. The predicted molar refractivity (Wildman–Crippen MR) is 106 cm³/mol. The molecule has 0 aromatic heterocycles. The van der Waals surface area contributed by atoms with Crippen molar-refractivity contribution >= 4 is 34.2 Å². The molecule has 0 unspecified atom stereocenters. The van der Waals surface area contributed by atoms with E-state index in [2.05, 4.69) is 44.9 Å². The maximum atomic E-state index is 11.9. The van der Waals surface area contributed by atoms with Gasteiger partial charge >= 0.3 is 0 Å². The van der Waals surface area contributed by atoms with E-state index < -0.39 is 0 Å². The number of anilines is 1. The van der Waals surface area contributed by atoms with Gasteiger partial charge in [0, 0.05) is 28.9 Å². The van der Waals surface area contributed by atoms with Gasteiger partial charge in [-0.2, -0.15) is 0 Å². The van der Waals surface area contributed by atoms with E-state index in [9.17, 15) is 4.79 Å². The Labute approximate surface area is 161 Å². The summed E-state index contributed by atoms with van der Waals surface area (Å²) in [6.07, 6.45) is 0. The second-order valence-electron chi connectivity index (χ2n) is 5.79. The molecular formula is C19H21IN2O3. The van der Waals surface area contributed by atoms with E-state index >= 15 is 0 Å². The monoisotopic (exact) mass is 452 g/mol. The minimum Gasteiger partial charge on any atom is -0.484 e. The molecule has 0 spiro atoms. The first-order valence-electron chi connectivity index (χ1n) is 8.27. The van der Waals surface area contributed by atoms with E-state index in [0.717, 1.165) is 35.4 Å². The molecule has 5 nitrogen and oxygen atoms in total. The highest BCUT2D eigenvalue weighted by Gasteiger charge is 2.11. The Kier molecular flexibility index (Phi) is 6.52. The van der Waals surface area contributed by atoms with Crippen LogP contribution in [0.3, 0.4) is 0 Å². The van der Waals surface area contributed by atoms with E-state index in [-0.39, 0.29) is 12.5 Å². The minimum atomic E-state index is -0.129. The number of carbonyl (C=O) groups is 1. The second-order valence-corrected chi connectivity index (χ2v) is 7.03. The van der Waals surface area contributed by atoms with Gasteiger partial charge < -0.3 is 19.7 Å². The Bertz CT molecular complexity index is 683. The molecule has 2 aromatic rings. The highest BCUT2D eigenvalue weighted by molar-refractivity contribution is 14.1. The van der Waals surface area contributed by atoms with Gasteiger partial charge in [0.1, 0.15) is 5.75 Å². The predicted octanol–water partition coefficient (Wildman–Crippen LogP) is 2.82. The number of halogens is 1. The van der Waals surface area contributed by atoms with Gasteiger partial charge in [-0.15, -0.1) is 0 Å². The first-order valence-corrected chi connectivity index (χ1v) is 9.35. The van der Waals surface area contributed by atoms with Crippen LogP contribution in [-0.4, -0.2) is 38.8 Å². The van der Waals surface area contributed by atoms with Crippen LogP contribution in [0, 0.1) is 3.57 Å². The number of carbonyl (C=O) groups excluding carboxylic acids is 1. The molecule has 6 heteroatoms. The second kappa shape index (κ2) is 9.05. The van der Waals surface area contributed by atoms with E-state index in [1.54, 1.807) is 0 Å². The van der Waals surface area contributed by atoms with Crippen LogP contribution in [0.25, 0.3) is 0 Å². The number of benzene rings is 2. The number of ether oxygens (including phenoxy) is 2. The van der Waals surface area contributed by atoms with Crippen molar-refractivity contribution in [2.24, 2.45) is 0 Å². The van der Waals surface area contributed by atoms with Gasteiger partial charge in [-0.05, 0) is 64.6 Å². The summed E-state index contributed by atoms with van der Waals surface area (Å²) in [7, 11) is 0. The Balaban J connectivity index is 1.43. The summed E-state index contributed by atoms with van der Waals surface area (Å²) in [5.41, 5.74) is 2.26. The minimum absolute atomic E-state index is 0.0203. The summed E-state index contributed by atoms with van der Waals surface area (Å²) in [5.74, 6) is 0.571. The van der Waals surface area contributed by atoms with Crippen molar-refractivity contribution in [3.8, 4) is 5.75 Å². The summed E-state index contributed by atoms with van der Waals surface area (Å²) in [4.78, 5) is 14.2. The topological polar surface area (TPSA) is 50.8 Å². The third kappa shape index (κ3) is 5.61. The van der Waals surface area contributed by atoms with Crippen molar-refractivity contribution in [1.82, 2.24) is 5.32 Å². The van der Waals surface area contributed by atoms with Crippen molar-refractivity contribution in [3.63, 3.8) is 0 Å². The highest BCUT2D eigenvalue weighted by atomic mass is 127. The molecule has 0 radical (unpaired) electrons. The van der Waals surface area contributed by atoms with Crippen molar-refractivity contribution in [1.29, 1.82) is 0 Å². The quantitative estimate of drug-likeness (QED) is 0.686. The van der Waals surface area contributed by atoms with Gasteiger partial charge in [0.05, 0.1) is 13.2 Å². The van der Waals surface area contributed by atoms with E-state index in [0.29, 0.717) is 12.3 Å². The summed E-state index contributed by atoms with van der Waals surface area (Å²) in [6.45, 7) is 3.92. The largest absolute Gasteiger partial charge is 0.484 e. The fourth-order valence-corrected chi connectivity index (χ4v) is 2.94. The zero-order chi connectivity index (χ0) is 17.5. The first kappa shape index (κ1) is 18.0. The van der Waals surface area contributed by atoms with Crippen LogP contribution < -0.4 is 15.0 Å². The normalized spacial score (nSPS) is 14.2. The molecule has 0 bridgehead atoms. The van der Waals surface area contributed by atoms with Crippen LogP contribution in [0.2, 0.25) is 0 Å². The van der Waals surface area contributed by atoms with Gasteiger partial charge in [-0.3, -0.25) is 4.79 Å². The number of hydrogen-bond donors (Lipinski definition) is 1. The van der Waals surface area contributed by atoms with E-state index in [1.165, 1.54) is 5.69 Å². The molecule has 25 heavy (non-hydrogen) atoms. The lowest BCUT2D eigenvalue weighted by Gasteiger charge is -2.28. The van der Waals surface area contributed by atoms with Crippen LogP contribution in [-0.2, 0) is 16.1 Å². The maximum Gasteiger partial charge on any atom is 0.258 e. The van der Waals surface area contributed by atoms with Crippen molar-refractivity contribution in [2.45, 2.75) is 6.54 Å². The maximum absolute atomic E-state index is 11.9. The Morgan fingerprint density at radius 1 is 1.08 bits per heavy atom. The van der Waals surface area contributed by atoms with Crippen LogP contribution in [0.15, 0.2) is 48.5 Å². The van der Waals surface area contributed by atoms with Crippen LogP contribution in [0.4, 0.5) is 5.69 Å². The Hall–Kier alpha value is -1.80. The van der Waals surface area contributed by atoms with Gasteiger partial charge in [-0.25, -0.2) is 0 Å². The number of morpholine rings is 1. The molecule has 1 N–H and O–H groups in total. The van der Waals surface area contributed by atoms with Crippen LogP contribution in [0.5, 0.6) is 5.75 Å². The van der Waals surface area contributed by atoms with Crippen LogP contribution in [0.1, 0.15) is 5.56 Å². The van der Waals surface area contributed by atoms with Gasteiger partial charge in [0.15, 0.2) is 6.61 Å². The smallest absolute Gasteiger partial charge is 0.258 e. The van der Waals surface area contributed by atoms with Crippen LogP contribution >= 0.6 is 22.6 Å². The summed E-state index contributed by atoms with van der Waals surface area (Å²) >= 11 is 2.23. The van der Waals surface area contributed by atoms with E-state index in [4.69, 9.17) is 9.47 Å². The molecule has 1 heterocycles. The molecule has 0 saturated carbocycles. The summed E-state index contributed by atoms with van der Waals surface area (Å²) in [6, 6.07) is 15.9. The average molecular weight is 452 g/mol. The van der Waals surface area contributed by atoms with Gasteiger partial charge in [-0.1, -0.05) is 12.1 Å². The first-order chi connectivity index (χ1) is 12.2. The summed E-state index contributed by atoms with van der Waals surface area (Å²) in [5, 5.41) is 2.88. The van der Waals surface area contributed by atoms with Gasteiger partial charge in [0.25, 0.3) is 5.91 Å². The molecule has 0 atom stereocenters. The number of amides is 1. The zero-order valence-corrected chi connectivity index (χ0v) is 16.1. The van der Waals surface area contributed by atoms with Crippen molar-refractivity contribution < 1.29 is 14.3 Å². The SMILES string of the molecule is O=C(COc1ccc(I)cc1)NCc1ccc(N2CCOCC2)cc1. The molecule has 132 valence electrons. The highest BCUT2D eigenvalue weighted by Crippen LogP contribution is 2.16. The number of rotatable bonds is 6. The molecule has 1 fully saturated rings. The van der Waals surface area contributed by atoms with Crippen molar-refractivity contribution in [3.05, 3.63) is 57.7 Å². The lowest BCUT2D eigenvalue weighted by molar-refractivity contribution is -0.123. The molecule has 1 saturated heterocycles. The number of nitrogens with one attached hydrogen (secondary N) is 1. The average Bonchev–Trinajstić information content (AvgIpc) is 2.67. The fourth-order valence-electron chi connectivity index (χ4n) is 2.58. The molecular weight excluding hydrogens is 431 g/mol. The lowest BCUT2D eigenvalue weighted by atomic mass is 10.2. The Morgan fingerprint density at radius 3 is 2.44 bits per heavy atom. The zero-order valence-electron chi connectivity index (χ0n) is 13.9. The third-order valence-electron chi connectivity index (χ3n) is 3.99. The third-order valence-corrected chi connectivity index (χ3v) is 4.70. The molecule has 2 aromatic carbocycles. The lowest BCUT2D eigenvalue weighted by Crippen LogP contribution is -2.36. The molecule has 3 rings (SSSR count). The molecule has 0 aliphatic carbocycles. The Morgan fingerprint density at radius 2 is 1.76 bits per heavy atom. The van der Waals surface area contributed by atoms with Gasteiger partial charge in [0.2, 0.25) is 0 Å². The van der Waals surface area contributed by atoms with E-state index in [1.807, 2.05) is 36.4 Å². The molecule has 1 aliphatic heterocycles. The van der Waals surface area contributed by atoms with Crippen molar-refractivity contribution in [2.75, 3.05) is 37.8 Å². The standard InChI is InChI=1S/C19H21IN2O3/c20-16-3-7-18(8-4-16)25-14-19(23)21-13-15-1-5-17(6-2-15)22-9-11-24-12-10-22/h1-8H,9-14H2,(H,21,23).